The molecule has 3 saturated heterocycles. The molecule has 3 amide bonds. The summed E-state index contributed by atoms with van der Waals surface area (Å²) in [7, 11) is -2.62. The maximum Gasteiger partial charge on any atom is 0.355 e. The van der Waals surface area contributed by atoms with Crippen LogP contribution < -0.4 is 37.1 Å². The Balaban J connectivity index is 0.000000168. The minimum Gasteiger partial charge on any atom is -0.349 e. The van der Waals surface area contributed by atoms with E-state index in [1.54, 1.807) is 107 Å². The zero-order valence-electron chi connectivity index (χ0n) is 77.8. The van der Waals surface area contributed by atoms with Crippen molar-refractivity contribution in [3.05, 3.63) is 269 Å². The van der Waals surface area contributed by atoms with Gasteiger partial charge < -0.3 is 34.0 Å². The topological polar surface area (TPSA) is 257 Å². The van der Waals surface area contributed by atoms with Gasteiger partial charge >= 0.3 is 17.1 Å². The molecule has 0 aliphatic carbocycles. The van der Waals surface area contributed by atoms with E-state index in [-0.39, 0.29) is 138 Å². The van der Waals surface area contributed by atoms with Gasteiger partial charge in [0, 0.05) is 103 Å². The number of anilines is 3. The van der Waals surface area contributed by atoms with Gasteiger partial charge in [-0.1, -0.05) is 153 Å². The number of piperazine rings is 3. The van der Waals surface area contributed by atoms with E-state index >= 15 is 13.2 Å². The number of hydrogen-bond donors (Lipinski definition) is 0. The number of aryl methyl sites for hydroxylation is 3. The third-order valence-corrected chi connectivity index (χ3v) is 26.9. The summed E-state index contributed by atoms with van der Waals surface area (Å²) in [6, 6.07) is 30.4. The molecule has 4 aromatic carbocycles. The smallest absolute Gasteiger partial charge is 0.349 e. The quantitative estimate of drug-likeness (QED) is 0.0571. The van der Waals surface area contributed by atoms with Gasteiger partial charge in [-0.3, -0.25) is 24.4 Å². The number of hydrogen-bond acceptors (Lipinski definition) is 18. The number of aromatic nitrogens is 11. The first-order chi connectivity index (χ1) is 62.4. The standard InChI is InChI=1S/C34H38ClFN6O2.C34H38ClFN5O3P.C33H34ClFN6O2/c1-9-28(43)40-16-22(8)41(17-21(40)7)32-24-15-25(35)30(23-12-10-11-13-26(23)36)38-33(24)42(34(44)39-32)31-20(6)14-27(18(2)3)37-29(31)19(4)5;1-9-29(42)39-17-22(6)40(18-21(39)5)32-26-16-27(35)30(24-12-10-11-13-28(24)36)37-33(26)41(34(43)38-32)31-20(4)14-23(45(7,8)44)15-25(31)19(2)3;1-8-22-14-19(5)30(28(36-22)18(3)4)41-32-24(15-25(34)29(37-32)23-12-10-11-13-26(23)35)31(38-33(41)43)40-17-20(6)39(16-21(40)7)27(42)9-2/h9-15,18-19,21-22H,1,16-17H2,2-8H3;9-16,19,21-22H,1,17-18H2,2-8H3;8-15,18,20-21H,1-2,16-17H2,3-7H3. The molecule has 3 aliphatic heterocycles. The first-order valence-corrected chi connectivity index (χ1v) is 47.8. The van der Waals surface area contributed by atoms with Gasteiger partial charge in [0.2, 0.25) is 17.7 Å². The second kappa shape index (κ2) is 39.2. The third-order valence-electron chi connectivity index (χ3n) is 24.5. The van der Waals surface area contributed by atoms with E-state index < -0.39 is 41.7 Å². The average Bonchev–Trinajstić information content (AvgIpc) is 0.741. The van der Waals surface area contributed by atoms with Crippen LogP contribution in [0.5, 0.6) is 0 Å². The number of carbonyl (C=O) groups excluding carboxylic acids is 3. The normalized spacial score (nSPS) is 17.2. The molecule has 15 rings (SSSR count). The summed E-state index contributed by atoms with van der Waals surface area (Å²) in [6.07, 6.45) is 5.59. The highest BCUT2D eigenvalue weighted by Crippen LogP contribution is 2.44. The van der Waals surface area contributed by atoms with Gasteiger partial charge in [-0.05, 0) is 225 Å². The predicted molar refractivity (Wildman–Crippen MR) is 526 cm³/mol. The summed E-state index contributed by atoms with van der Waals surface area (Å²) in [5.74, 6) is -0.638. The van der Waals surface area contributed by atoms with Crippen molar-refractivity contribution < 1.29 is 32.1 Å². The summed E-state index contributed by atoms with van der Waals surface area (Å²) in [5, 5.41) is 2.94. The molecule has 24 nitrogen and oxygen atoms in total. The third kappa shape index (κ3) is 19.0. The largest absolute Gasteiger partial charge is 0.355 e. The predicted octanol–water partition coefficient (Wildman–Crippen LogP) is 19.7. The van der Waals surface area contributed by atoms with Gasteiger partial charge in [-0.25, -0.2) is 56.2 Å². The molecule has 3 aliphatic rings. The number of fused-ring (bicyclic) bond motifs is 3. The Morgan fingerprint density at radius 3 is 1.03 bits per heavy atom. The molecule has 0 N–H and O–H groups in total. The fourth-order valence-electron chi connectivity index (χ4n) is 17.7. The Morgan fingerprint density at radius 1 is 0.409 bits per heavy atom. The van der Waals surface area contributed by atoms with Crippen molar-refractivity contribution in [1.82, 2.24) is 68.3 Å². The SMILES string of the molecule is C=CC(=O)N1CC(C)N(c2nc(=O)n(-c3c(C)cc(C(C)C)nc3C(C)C)c3nc(-c4ccccc4F)c(Cl)cc23)CC1C.C=CC(=O)N1CC(C)N(c2nc(=O)n(-c3c(C)cc(C=C)nc3C(C)C)c3nc(-c4ccccc4F)c(Cl)cc23)CC1C.C=CC(=O)N1CC(C)N(c2nc(=O)n(-c3c(C)cc(P(C)(C)=O)cc3C(C)C)c3nc(-c4ccccc4F)c(Cl)cc23)CC1C. The molecular formula is C101H110Cl3F3N17O7P. The van der Waals surface area contributed by atoms with Crippen molar-refractivity contribution in [1.29, 1.82) is 0 Å². The van der Waals surface area contributed by atoms with E-state index in [1.165, 1.54) is 50.1 Å². The Hall–Kier alpha value is -12.3. The molecule has 0 bridgehead atoms. The van der Waals surface area contributed by atoms with Gasteiger partial charge in [0.15, 0.2) is 16.9 Å². The molecule has 6 atom stereocenters. The van der Waals surface area contributed by atoms with Crippen LogP contribution in [-0.2, 0) is 18.9 Å². The van der Waals surface area contributed by atoms with E-state index in [1.807, 2.05) is 143 Å². The molecular weight excluding hydrogens is 1760 g/mol. The van der Waals surface area contributed by atoms with Crippen LogP contribution in [0.25, 0.3) is 90.0 Å². The number of carbonyl (C=O) groups is 3. The lowest BCUT2D eigenvalue weighted by molar-refractivity contribution is -0.129. The molecule has 0 radical (unpaired) electrons. The van der Waals surface area contributed by atoms with E-state index in [0.717, 1.165) is 33.6 Å². The van der Waals surface area contributed by atoms with Crippen LogP contribution in [0.15, 0.2) is 174 Å². The molecule has 11 heterocycles. The Bertz CT molecular complexity index is 6910. The van der Waals surface area contributed by atoms with Crippen LogP contribution in [0.2, 0.25) is 15.1 Å². The summed E-state index contributed by atoms with van der Waals surface area (Å²) < 4.78 is 62.7. The van der Waals surface area contributed by atoms with E-state index in [0.29, 0.717) is 112 Å². The molecule has 31 heteroatoms. The maximum atomic E-state index is 15.1. The van der Waals surface area contributed by atoms with Gasteiger partial charge in [0.1, 0.15) is 42.0 Å². The first-order valence-electron chi connectivity index (χ1n) is 44.0. The van der Waals surface area contributed by atoms with Crippen molar-refractivity contribution in [2.24, 2.45) is 0 Å². The number of halogens is 6. The number of pyridine rings is 5. The first kappa shape index (κ1) is 97.2. The number of rotatable bonds is 18. The lowest BCUT2D eigenvalue weighted by Gasteiger charge is -2.44. The van der Waals surface area contributed by atoms with E-state index in [4.69, 9.17) is 59.7 Å². The summed E-state index contributed by atoms with van der Waals surface area (Å²) in [6.45, 7) is 54.4. The number of amides is 3. The molecule has 0 spiro atoms. The zero-order chi connectivity index (χ0) is 96.1. The zero-order valence-corrected chi connectivity index (χ0v) is 81.0. The van der Waals surface area contributed by atoms with Crippen molar-refractivity contribution in [3.63, 3.8) is 0 Å². The second-order valence-electron chi connectivity index (χ2n) is 35.9. The van der Waals surface area contributed by atoms with Crippen molar-refractivity contribution in [2.75, 3.05) is 67.3 Å². The Kier molecular flexibility index (Phi) is 28.9. The molecule has 8 aromatic heterocycles. The van der Waals surface area contributed by atoms with Crippen LogP contribution in [0.1, 0.15) is 166 Å². The number of benzene rings is 4. The van der Waals surface area contributed by atoms with Crippen molar-refractivity contribution >= 4 is 122 Å². The van der Waals surface area contributed by atoms with Crippen molar-refractivity contribution in [3.8, 4) is 50.8 Å². The van der Waals surface area contributed by atoms with Crippen molar-refractivity contribution in [2.45, 2.75) is 178 Å². The fraction of sp³-hybridized carbons (Fsp3) is 0.347. The molecule has 688 valence electrons. The monoisotopic (exact) mass is 1870 g/mol. The summed E-state index contributed by atoms with van der Waals surface area (Å²) in [4.78, 5) is 130. The van der Waals surface area contributed by atoms with Gasteiger partial charge in [-0.15, -0.1) is 0 Å². The van der Waals surface area contributed by atoms with Crippen LogP contribution in [0.4, 0.5) is 30.6 Å². The average molecular weight is 1870 g/mol. The summed E-state index contributed by atoms with van der Waals surface area (Å²) in [5.41, 5.74) is 8.45. The van der Waals surface area contributed by atoms with E-state index in [2.05, 4.69) is 55.1 Å². The van der Waals surface area contributed by atoms with Crippen LogP contribution in [0, 0.1) is 38.2 Å². The van der Waals surface area contributed by atoms with Crippen LogP contribution in [-0.4, -0.2) is 175 Å². The lowest BCUT2D eigenvalue weighted by Crippen LogP contribution is -2.58. The van der Waals surface area contributed by atoms with Gasteiger partial charge in [-0.2, -0.15) is 15.0 Å². The maximum absolute atomic E-state index is 15.1. The minimum absolute atomic E-state index is 0.0151. The van der Waals surface area contributed by atoms with Crippen LogP contribution >= 0.6 is 41.9 Å². The molecule has 12 aromatic rings. The molecule has 3 fully saturated rings. The molecule has 0 saturated carbocycles. The lowest BCUT2D eigenvalue weighted by atomic mass is 9.97. The second-order valence-corrected chi connectivity index (χ2v) is 40.3. The van der Waals surface area contributed by atoms with Crippen LogP contribution in [0.3, 0.4) is 0 Å². The highest BCUT2D eigenvalue weighted by Gasteiger charge is 2.40. The van der Waals surface area contributed by atoms with E-state index in [9.17, 15) is 33.3 Å². The highest BCUT2D eigenvalue weighted by atomic mass is 35.5. The Labute approximate surface area is 781 Å². The van der Waals surface area contributed by atoms with Gasteiger partial charge in [0.25, 0.3) is 0 Å². The van der Waals surface area contributed by atoms with Gasteiger partial charge in [0.05, 0.1) is 82.5 Å². The molecule has 132 heavy (non-hydrogen) atoms. The Morgan fingerprint density at radius 2 is 0.727 bits per heavy atom. The highest BCUT2D eigenvalue weighted by molar-refractivity contribution is 7.70. The fourth-order valence-corrected chi connectivity index (χ4v) is 19.4. The molecule has 6 unspecified atom stereocenters. The number of nitrogens with zero attached hydrogens (tertiary/aromatic N) is 17. The summed E-state index contributed by atoms with van der Waals surface area (Å²) >= 11 is 20.5. The minimum atomic E-state index is -2.62.